The van der Waals surface area contributed by atoms with Gasteiger partial charge in [0.2, 0.25) is 5.95 Å². The van der Waals surface area contributed by atoms with Crippen molar-refractivity contribution in [1.29, 1.82) is 0 Å². The minimum absolute atomic E-state index is 0.138. The largest absolute Gasteiger partial charge is 0.476 e. The fourth-order valence-corrected chi connectivity index (χ4v) is 2.54. The summed E-state index contributed by atoms with van der Waals surface area (Å²) in [6.45, 7) is 3.16. The van der Waals surface area contributed by atoms with Crippen LogP contribution in [0.3, 0.4) is 0 Å². The summed E-state index contributed by atoms with van der Waals surface area (Å²) in [6.07, 6.45) is 5.19. The molecule has 2 aliphatic rings. The lowest BCUT2D eigenvalue weighted by molar-refractivity contribution is 0.0691. The smallest absolute Gasteiger partial charge is 0.356 e. The molecule has 86 valence electrons. The van der Waals surface area contributed by atoms with Gasteiger partial charge in [0, 0.05) is 18.8 Å². The molecule has 0 saturated heterocycles. The van der Waals surface area contributed by atoms with Crippen molar-refractivity contribution in [1.82, 2.24) is 9.55 Å². The molecule has 0 amide bonds. The predicted octanol–water partition coefficient (Wildman–Crippen LogP) is 1.74. The van der Waals surface area contributed by atoms with Crippen LogP contribution in [0.1, 0.15) is 42.7 Å². The van der Waals surface area contributed by atoms with Gasteiger partial charge in [-0.15, -0.1) is 0 Å². The number of aromatic carboxylic acids is 1. The Morgan fingerprint density at radius 1 is 1.69 bits per heavy atom. The second kappa shape index (κ2) is 2.99. The molecule has 1 aliphatic carbocycles. The fraction of sp³-hybridized carbons (Fsp3) is 0.636. The molecule has 0 aromatic carbocycles. The lowest BCUT2D eigenvalue weighted by Gasteiger charge is -2.30. The molecule has 0 radical (unpaired) electrons. The number of imidazole rings is 1. The van der Waals surface area contributed by atoms with E-state index < -0.39 is 5.97 Å². The molecule has 1 fully saturated rings. The van der Waals surface area contributed by atoms with Gasteiger partial charge in [-0.2, -0.15) is 0 Å². The Bertz CT molecular complexity index is 448. The highest BCUT2D eigenvalue weighted by Crippen LogP contribution is 2.56. The Balaban J connectivity index is 2.01. The van der Waals surface area contributed by atoms with Crippen molar-refractivity contribution in [2.75, 3.05) is 11.9 Å². The first kappa shape index (κ1) is 9.69. The molecule has 2 heterocycles. The Kier molecular flexibility index (Phi) is 1.81. The summed E-state index contributed by atoms with van der Waals surface area (Å²) < 4.78 is 2.01. The van der Waals surface area contributed by atoms with E-state index in [0.717, 1.165) is 13.0 Å². The minimum Gasteiger partial charge on any atom is -0.476 e. The zero-order chi connectivity index (χ0) is 11.3. The van der Waals surface area contributed by atoms with Crippen LogP contribution in [0.25, 0.3) is 0 Å². The standard InChI is InChI=1S/C11H15N3O2/c1-11(3-4-11)8-2-5-12-10-13-7(9(15)16)6-14(8)10/h6,8H,2-5H2,1H3,(H,12,13)(H,15,16). The molecule has 16 heavy (non-hydrogen) atoms. The van der Waals surface area contributed by atoms with Crippen LogP contribution < -0.4 is 5.32 Å². The van der Waals surface area contributed by atoms with Gasteiger partial charge < -0.3 is 15.0 Å². The van der Waals surface area contributed by atoms with Crippen LogP contribution in [0, 0.1) is 5.41 Å². The Morgan fingerprint density at radius 3 is 3.06 bits per heavy atom. The maximum atomic E-state index is 10.9. The number of hydrogen-bond acceptors (Lipinski definition) is 3. The van der Waals surface area contributed by atoms with Gasteiger partial charge in [0.25, 0.3) is 0 Å². The molecule has 2 N–H and O–H groups in total. The second-order valence-corrected chi connectivity index (χ2v) is 5.05. The lowest BCUT2D eigenvalue weighted by Crippen LogP contribution is -2.27. The summed E-state index contributed by atoms with van der Waals surface area (Å²) in [7, 11) is 0. The molecule has 1 atom stereocenters. The topological polar surface area (TPSA) is 67.2 Å². The van der Waals surface area contributed by atoms with Gasteiger partial charge in [0.05, 0.1) is 0 Å². The van der Waals surface area contributed by atoms with Crippen molar-refractivity contribution in [3.63, 3.8) is 0 Å². The van der Waals surface area contributed by atoms with Crippen LogP contribution in [0.4, 0.5) is 5.95 Å². The first-order valence-electron chi connectivity index (χ1n) is 5.66. The Morgan fingerprint density at radius 2 is 2.44 bits per heavy atom. The van der Waals surface area contributed by atoms with E-state index in [4.69, 9.17) is 5.11 Å². The van der Waals surface area contributed by atoms with E-state index in [2.05, 4.69) is 17.2 Å². The monoisotopic (exact) mass is 221 g/mol. The molecule has 1 aliphatic heterocycles. The van der Waals surface area contributed by atoms with E-state index in [0.29, 0.717) is 17.4 Å². The van der Waals surface area contributed by atoms with Crippen LogP contribution in [0.2, 0.25) is 0 Å². The van der Waals surface area contributed by atoms with Gasteiger partial charge in [0.1, 0.15) is 0 Å². The number of nitrogens with one attached hydrogen (secondary N) is 1. The quantitative estimate of drug-likeness (QED) is 0.798. The van der Waals surface area contributed by atoms with Crippen molar-refractivity contribution >= 4 is 11.9 Å². The van der Waals surface area contributed by atoms with Crippen LogP contribution in [-0.2, 0) is 0 Å². The highest BCUT2D eigenvalue weighted by Gasteiger charge is 2.47. The van der Waals surface area contributed by atoms with E-state index in [1.807, 2.05) is 4.57 Å². The fourth-order valence-electron chi connectivity index (χ4n) is 2.54. The van der Waals surface area contributed by atoms with E-state index >= 15 is 0 Å². The molecule has 1 unspecified atom stereocenters. The van der Waals surface area contributed by atoms with Gasteiger partial charge >= 0.3 is 5.97 Å². The lowest BCUT2D eigenvalue weighted by atomic mass is 9.94. The Hall–Kier alpha value is -1.52. The predicted molar refractivity (Wildman–Crippen MR) is 58.7 cm³/mol. The summed E-state index contributed by atoms with van der Waals surface area (Å²) >= 11 is 0. The number of hydrogen-bond donors (Lipinski definition) is 2. The normalized spacial score (nSPS) is 25.7. The molecule has 3 rings (SSSR count). The molecule has 5 nitrogen and oxygen atoms in total. The number of fused-ring (bicyclic) bond motifs is 1. The average molecular weight is 221 g/mol. The maximum Gasteiger partial charge on any atom is 0.356 e. The number of rotatable bonds is 2. The number of carboxylic acid groups (broad SMARTS) is 1. The summed E-state index contributed by atoms with van der Waals surface area (Å²) in [6, 6.07) is 0.407. The van der Waals surface area contributed by atoms with E-state index in [1.54, 1.807) is 6.20 Å². The second-order valence-electron chi connectivity index (χ2n) is 5.05. The number of carbonyl (C=O) groups is 1. The van der Waals surface area contributed by atoms with Crippen molar-refractivity contribution < 1.29 is 9.90 Å². The molecule has 0 spiro atoms. The van der Waals surface area contributed by atoms with Gasteiger partial charge in [-0.25, -0.2) is 9.78 Å². The molecule has 0 bridgehead atoms. The van der Waals surface area contributed by atoms with Gasteiger partial charge in [-0.1, -0.05) is 6.92 Å². The zero-order valence-electron chi connectivity index (χ0n) is 9.23. The van der Waals surface area contributed by atoms with Crippen LogP contribution in [0.15, 0.2) is 6.20 Å². The first-order chi connectivity index (χ1) is 7.60. The molecular weight excluding hydrogens is 206 g/mol. The van der Waals surface area contributed by atoms with Crippen molar-refractivity contribution in [3.05, 3.63) is 11.9 Å². The third-order valence-electron chi connectivity index (χ3n) is 3.83. The number of aromatic nitrogens is 2. The van der Waals surface area contributed by atoms with Gasteiger partial charge in [-0.05, 0) is 24.7 Å². The summed E-state index contributed by atoms with van der Waals surface area (Å²) in [5.74, 6) is -0.245. The van der Waals surface area contributed by atoms with Gasteiger partial charge in [-0.3, -0.25) is 0 Å². The van der Waals surface area contributed by atoms with E-state index in [-0.39, 0.29) is 5.69 Å². The number of carboxylic acids is 1. The van der Waals surface area contributed by atoms with E-state index in [9.17, 15) is 4.79 Å². The minimum atomic E-state index is -0.955. The molecule has 5 heteroatoms. The molecular formula is C11H15N3O2. The maximum absolute atomic E-state index is 10.9. The highest BCUT2D eigenvalue weighted by atomic mass is 16.4. The van der Waals surface area contributed by atoms with Crippen molar-refractivity contribution in [2.45, 2.75) is 32.2 Å². The van der Waals surface area contributed by atoms with Crippen molar-refractivity contribution in [3.8, 4) is 0 Å². The SMILES string of the molecule is CC1(C2CCNc3nc(C(=O)O)cn32)CC1. The van der Waals surface area contributed by atoms with Gasteiger partial charge in [0.15, 0.2) is 5.69 Å². The molecule has 1 saturated carbocycles. The molecule has 1 aromatic heterocycles. The zero-order valence-corrected chi connectivity index (χ0v) is 9.23. The average Bonchev–Trinajstić information content (AvgIpc) is 2.84. The van der Waals surface area contributed by atoms with Crippen LogP contribution in [0.5, 0.6) is 0 Å². The van der Waals surface area contributed by atoms with Crippen molar-refractivity contribution in [2.24, 2.45) is 5.41 Å². The first-order valence-corrected chi connectivity index (χ1v) is 5.66. The summed E-state index contributed by atoms with van der Waals surface area (Å²) in [5.41, 5.74) is 0.492. The summed E-state index contributed by atoms with van der Waals surface area (Å²) in [5, 5.41) is 12.1. The summed E-state index contributed by atoms with van der Waals surface area (Å²) in [4.78, 5) is 15.0. The third kappa shape index (κ3) is 1.31. The van der Waals surface area contributed by atoms with Crippen LogP contribution in [-0.4, -0.2) is 27.2 Å². The molecule has 1 aromatic rings. The number of anilines is 1. The number of nitrogens with zero attached hydrogens (tertiary/aromatic N) is 2. The van der Waals surface area contributed by atoms with Crippen LogP contribution >= 0.6 is 0 Å². The Labute approximate surface area is 93.5 Å². The highest BCUT2D eigenvalue weighted by molar-refractivity contribution is 5.85. The third-order valence-corrected chi connectivity index (χ3v) is 3.83. The van der Waals surface area contributed by atoms with E-state index in [1.165, 1.54) is 12.8 Å².